The van der Waals surface area contributed by atoms with Crippen molar-refractivity contribution < 1.29 is 56.9 Å². The smallest absolute Gasteiger partial charge is 0.541 e. The standard InChI is InChI=1S/C24H37BN3O12/c1-4-35-22(32)26-13-7-10-16(26)19(29)38-25(39-20(30)17-11-8-14-27(17)23(33)36-5-2)40-21(31)18-12-9-15-28(18)24(34)37-6-3/h16-18,25H,4-15H2,1-3H3/q-1/t16-,17-,18-/m0/s1. The van der Waals surface area contributed by atoms with Crippen molar-refractivity contribution in [1.29, 1.82) is 0 Å². The predicted octanol–water partition coefficient (Wildman–Crippen LogP) is 1.20. The number of amides is 3. The van der Waals surface area contributed by atoms with Crippen LogP contribution < -0.4 is 0 Å². The zero-order valence-corrected chi connectivity index (χ0v) is 23.2. The second kappa shape index (κ2) is 14.6. The molecule has 16 heteroatoms. The van der Waals surface area contributed by atoms with Gasteiger partial charge in [-0.15, -0.1) is 0 Å². The number of hydrogen-bond acceptors (Lipinski definition) is 12. The van der Waals surface area contributed by atoms with Gasteiger partial charge in [-0.25, -0.2) is 14.4 Å². The summed E-state index contributed by atoms with van der Waals surface area (Å²) in [5, 5.41) is 0. The summed E-state index contributed by atoms with van der Waals surface area (Å²) in [6.07, 6.45) is 0.222. The van der Waals surface area contributed by atoms with E-state index in [4.69, 9.17) is 28.2 Å². The molecule has 0 aliphatic carbocycles. The number of rotatable bonds is 9. The first-order chi connectivity index (χ1) is 19.2. The van der Waals surface area contributed by atoms with E-state index < -0.39 is 61.6 Å². The van der Waals surface area contributed by atoms with Crippen LogP contribution in [0, 0.1) is 0 Å². The van der Waals surface area contributed by atoms with Crippen LogP contribution in [0.3, 0.4) is 0 Å². The molecule has 3 heterocycles. The molecule has 0 aromatic carbocycles. The molecule has 3 atom stereocenters. The summed E-state index contributed by atoms with van der Waals surface area (Å²) in [5.41, 5.74) is 0. The van der Waals surface area contributed by atoms with Gasteiger partial charge >= 0.3 is 25.6 Å². The van der Waals surface area contributed by atoms with Gasteiger partial charge in [-0.3, -0.25) is 29.1 Å². The number of nitrogens with zero attached hydrogens (tertiary/aromatic N) is 3. The molecule has 0 radical (unpaired) electrons. The summed E-state index contributed by atoms with van der Waals surface area (Å²) in [7, 11) is -3.18. The highest BCUT2D eigenvalue weighted by molar-refractivity contribution is 6.44. The fourth-order valence-electron chi connectivity index (χ4n) is 5.04. The lowest BCUT2D eigenvalue weighted by atomic mass is 10.1. The molecule has 0 bridgehead atoms. The van der Waals surface area contributed by atoms with E-state index in [1.165, 1.54) is 14.7 Å². The first kappa shape index (κ1) is 30.8. The van der Waals surface area contributed by atoms with Gasteiger partial charge in [0.2, 0.25) is 0 Å². The van der Waals surface area contributed by atoms with Crippen molar-refractivity contribution in [2.45, 2.75) is 77.4 Å². The monoisotopic (exact) mass is 570 g/mol. The van der Waals surface area contributed by atoms with E-state index in [-0.39, 0.29) is 58.7 Å². The van der Waals surface area contributed by atoms with Crippen LogP contribution in [0.25, 0.3) is 0 Å². The van der Waals surface area contributed by atoms with Crippen molar-refractivity contribution in [2.24, 2.45) is 0 Å². The second-order valence-electron chi connectivity index (χ2n) is 9.39. The van der Waals surface area contributed by atoms with Crippen LogP contribution in [0.2, 0.25) is 0 Å². The van der Waals surface area contributed by atoms with E-state index in [2.05, 4.69) is 0 Å². The minimum Gasteiger partial charge on any atom is -0.624 e. The number of carbonyl (C=O) groups is 6. The predicted molar refractivity (Wildman–Crippen MR) is 136 cm³/mol. The lowest BCUT2D eigenvalue weighted by molar-refractivity contribution is -0.153. The van der Waals surface area contributed by atoms with Crippen LogP contribution in [0.15, 0.2) is 0 Å². The molecule has 3 saturated heterocycles. The van der Waals surface area contributed by atoms with Crippen molar-refractivity contribution >= 4 is 43.5 Å². The van der Waals surface area contributed by atoms with Gasteiger partial charge in [0, 0.05) is 19.6 Å². The molecule has 0 spiro atoms. The van der Waals surface area contributed by atoms with Crippen LogP contribution in [-0.2, 0) is 42.6 Å². The molecule has 3 aliphatic heterocycles. The summed E-state index contributed by atoms with van der Waals surface area (Å²) < 4.78 is 31.1. The molecule has 0 aromatic heterocycles. The van der Waals surface area contributed by atoms with Gasteiger partial charge in [0.05, 0.1) is 19.8 Å². The normalized spacial score (nSPS) is 22.2. The van der Waals surface area contributed by atoms with Crippen molar-refractivity contribution in [3.8, 4) is 0 Å². The molecular weight excluding hydrogens is 533 g/mol. The van der Waals surface area contributed by atoms with Gasteiger partial charge in [-0.2, -0.15) is 0 Å². The topological polar surface area (TPSA) is 168 Å². The number of hydrogen-bond donors (Lipinski definition) is 0. The Morgan fingerprint density at radius 3 is 1.07 bits per heavy atom. The molecule has 0 aromatic rings. The minimum atomic E-state index is -3.18. The summed E-state index contributed by atoms with van der Waals surface area (Å²) in [6, 6.07) is -3.09. The molecule has 15 nitrogen and oxygen atoms in total. The second-order valence-corrected chi connectivity index (χ2v) is 9.39. The van der Waals surface area contributed by atoms with E-state index in [0.717, 1.165) is 0 Å². The molecule has 0 N–H and O–H groups in total. The average Bonchev–Trinajstić information content (AvgIpc) is 3.69. The van der Waals surface area contributed by atoms with Crippen LogP contribution >= 0.6 is 0 Å². The lowest BCUT2D eigenvalue weighted by Gasteiger charge is -2.34. The fourth-order valence-corrected chi connectivity index (χ4v) is 5.04. The zero-order valence-electron chi connectivity index (χ0n) is 23.2. The van der Waals surface area contributed by atoms with Crippen molar-refractivity contribution in [2.75, 3.05) is 39.5 Å². The fraction of sp³-hybridized carbons (Fsp3) is 0.750. The van der Waals surface area contributed by atoms with Gasteiger partial charge in [-0.1, -0.05) is 0 Å². The molecule has 3 aliphatic rings. The molecular formula is C24H37BN3O12-. The molecule has 0 saturated carbocycles. The van der Waals surface area contributed by atoms with Crippen LogP contribution in [0.1, 0.15) is 59.3 Å². The number of ether oxygens (including phenoxy) is 3. The SMILES string of the molecule is CCOC(=O)N1CCC[C@H]1C(=O)O[BH-](OC(=O)[C@@H]1CCCN1C(=O)OCC)OC(=O)[C@@H]1CCCN1C(=O)OCC. The van der Waals surface area contributed by atoms with E-state index >= 15 is 0 Å². The maximum atomic E-state index is 13.1. The first-order valence-corrected chi connectivity index (χ1v) is 13.8. The van der Waals surface area contributed by atoms with Gasteiger partial charge < -0.3 is 28.2 Å². The van der Waals surface area contributed by atoms with E-state index in [1.807, 2.05) is 0 Å². The summed E-state index contributed by atoms with van der Waals surface area (Å²) in [4.78, 5) is 79.7. The third-order valence-corrected chi connectivity index (χ3v) is 6.86. The molecule has 3 rings (SSSR count). The molecule has 3 amide bonds. The Labute approximate surface area is 232 Å². The zero-order chi connectivity index (χ0) is 29.2. The largest absolute Gasteiger partial charge is 0.624 e. The van der Waals surface area contributed by atoms with E-state index in [1.54, 1.807) is 20.8 Å². The van der Waals surface area contributed by atoms with Crippen molar-refractivity contribution in [3.05, 3.63) is 0 Å². The van der Waals surface area contributed by atoms with Gasteiger partial charge in [0.25, 0.3) is 17.9 Å². The van der Waals surface area contributed by atoms with E-state index in [9.17, 15) is 28.8 Å². The maximum Gasteiger partial charge on any atom is 0.541 e. The lowest BCUT2D eigenvalue weighted by Crippen LogP contribution is -2.49. The molecule has 40 heavy (non-hydrogen) atoms. The highest BCUT2D eigenvalue weighted by Crippen LogP contribution is 2.24. The number of likely N-dealkylation sites (tertiary alicyclic amines) is 3. The van der Waals surface area contributed by atoms with E-state index in [0.29, 0.717) is 19.3 Å². The Bertz CT molecular complexity index is 847. The van der Waals surface area contributed by atoms with Crippen LogP contribution in [0.4, 0.5) is 14.4 Å². The van der Waals surface area contributed by atoms with Gasteiger partial charge in [0.1, 0.15) is 18.1 Å². The van der Waals surface area contributed by atoms with Gasteiger partial charge in [0.15, 0.2) is 0 Å². The molecule has 224 valence electrons. The maximum absolute atomic E-state index is 13.1. The quantitative estimate of drug-likeness (QED) is 0.287. The average molecular weight is 570 g/mol. The Kier molecular flexibility index (Phi) is 11.3. The minimum absolute atomic E-state index is 0.108. The third kappa shape index (κ3) is 7.47. The Hall–Kier alpha value is -3.72. The Balaban J connectivity index is 1.75. The summed E-state index contributed by atoms with van der Waals surface area (Å²) in [5.74, 6) is -2.81. The van der Waals surface area contributed by atoms with Crippen LogP contribution in [-0.4, -0.2) is 116 Å². The van der Waals surface area contributed by atoms with Crippen molar-refractivity contribution in [1.82, 2.24) is 14.7 Å². The third-order valence-electron chi connectivity index (χ3n) is 6.86. The highest BCUT2D eigenvalue weighted by atomic mass is 16.8. The highest BCUT2D eigenvalue weighted by Gasteiger charge is 2.41. The van der Waals surface area contributed by atoms with Crippen molar-refractivity contribution in [3.63, 3.8) is 0 Å². The summed E-state index contributed by atoms with van der Waals surface area (Å²) in [6.45, 7) is 5.98. The van der Waals surface area contributed by atoms with Gasteiger partial charge in [-0.05, 0) is 59.3 Å². The first-order valence-electron chi connectivity index (χ1n) is 13.8. The molecule has 3 fully saturated rings. The number of carbonyl (C=O) groups excluding carboxylic acids is 6. The summed E-state index contributed by atoms with van der Waals surface area (Å²) >= 11 is 0. The molecule has 0 unspecified atom stereocenters. The Morgan fingerprint density at radius 2 is 0.825 bits per heavy atom. The Morgan fingerprint density at radius 1 is 0.550 bits per heavy atom. The van der Waals surface area contributed by atoms with Crippen LogP contribution in [0.5, 0.6) is 0 Å².